The molecule has 1 rings (SSSR count). The average molecular weight is 128 g/mol. The lowest BCUT2D eigenvalue weighted by molar-refractivity contribution is 0.232. The van der Waals surface area contributed by atoms with Gasteiger partial charge in [0.1, 0.15) is 0 Å². The monoisotopic (exact) mass is 128 g/mol. The molecular formula is C7H16N2. The summed E-state index contributed by atoms with van der Waals surface area (Å²) in [5.41, 5.74) is 5.34. The molecule has 0 radical (unpaired) electrons. The summed E-state index contributed by atoms with van der Waals surface area (Å²) < 4.78 is 0. The van der Waals surface area contributed by atoms with Crippen LogP contribution in [-0.4, -0.2) is 19.1 Å². The summed E-state index contributed by atoms with van der Waals surface area (Å²) in [6.45, 7) is 4.04. The second-order valence-corrected chi connectivity index (χ2v) is 2.90. The second kappa shape index (κ2) is 3.18. The van der Waals surface area contributed by atoms with Crippen LogP contribution in [-0.2, 0) is 0 Å². The molecule has 1 fully saturated rings. The van der Waals surface area contributed by atoms with Gasteiger partial charge in [-0.3, -0.25) is 0 Å². The Bertz CT molecular complexity index is 83.0. The summed E-state index contributed by atoms with van der Waals surface area (Å²) in [6.07, 6.45) is 2.74. The summed E-state index contributed by atoms with van der Waals surface area (Å²) in [5, 5.41) is 3.39. The van der Waals surface area contributed by atoms with Crippen molar-refractivity contribution in [3.8, 4) is 0 Å². The van der Waals surface area contributed by atoms with Gasteiger partial charge in [-0.05, 0) is 18.8 Å². The summed E-state index contributed by atoms with van der Waals surface area (Å²) in [5.74, 6) is 0.886. The SMILES string of the molecule is C[C@@H]1CCC1NCCN. The summed E-state index contributed by atoms with van der Waals surface area (Å²) in [7, 11) is 0. The first-order chi connectivity index (χ1) is 4.34. The van der Waals surface area contributed by atoms with Crippen molar-refractivity contribution in [2.45, 2.75) is 25.8 Å². The lowest BCUT2D eigenvalue weighted by atomic mass is 9.81. The minimum Gasteiger partial charge on any atom is -0.329 e. The van der Waals surface area contributed by atoms with Gasteiger partial charge in [-0.15, -0.1) is 0 Å². The largest absolute Gasteiger partial charge is 0.329 e. The molecule has 9 heavy (non-hydrogen) atoms. The zero-order chi connectivity index (χ0) is 6.69. The van der Waals surface area contributed by atoms with Gasteiger partial charge in [0.15, 0.2) is 0 Å². The zero-order valence-corrected chi connectivity index (χ0v) is 6.06. The third-order valence-corrected chi connectivity index (χ3v) is 2.17. The molecule has 1 aliphatic carbocycles. The molecule has 0 saturated heterocycles. The van der Waals surface area contributed by atoms with Crippen LogP contribution in [0.3, 0.4) is 0 Å². The predicted molar refractivity (Wildman–Crippen MR) is 39.2 cm³/mol. The van der Waals surface area contributed by atoms with Gasteiger partial charge >= 0.3 is 0 Å². The molecule has 54 valence electrons. The molecule has 2 nitrogen and oxygen atoms in total. The Kier molecular flexibility index (Phi) is 2.49. The molecule has 2 atom stereocenters. The summed E-state index contributed by atoms with van der Waals surface area (Å²) >= 11 is 0. The van der Waals surface area contributed by atoms with Crippen molar-refractivity contribution in [2.75, 3.05) is 13.1 Å². The van der Waals surface area contributed by atoms with Gasteiger partial charge < -0.3 is 11.1 Å². The average Bonchev–Trinajstić information content (AvgIpc) is 1.86. The van der Waals surface area contributed by atoms with E-state index in [1.807, 2.05) is 0 Å². The summed E-state index contributed by atoms with van der Waals surface area (Å²) in [6, 6.07) is 0.772. The Balaban J connectivity index is 1.99. The maximum Gasteiger partial charge on any atom is 0.00933 e. The Labute approximate surface area is 56.8 Å². The molecule has 0 bridgehead atoms. The van der Waals surface area contributed by atoms with Gasteiger partial charge in [0.2, 0.25) is 0 Å². The lowest BCUT2D eigenvalue weighted by Gasteiger charge is -2.34. The van der Waals surface area contributed by atoms with E-state index in [4.69, 9.17) is 5.73 Å². The van der Waals surface area contributed by atoms with Crippen molar-refractivity contribution in [3.05, 3.63) is 0 Å². The first-order valence-corrected chi connectivity index (χ1v) is 3.78. The van der Waals surface area contributed by atoms with E-state index in [1.54, 1.807) is 0 Å². The highest BCUT2D eigenvalue weighted by molar-refractivity contribution is 4.83. The van der Waals surface area contributed by atoms with E-state index in [-0.39, 0.29) is 0 Å². The second-order valence-electron chi connectivity index (χ2n) is 2.90. The van der Waals surface area contributed by atoms with Crippen LogP contribution in [0.1, 0.15) is 19.8 Å². The molecule has 2 heteroatoms. The van der Waals surface area contributed by atoms with Gasteiger partial charge in [0.05, 0.1) is 0 Å². The quantitative estimate of drug-likeness (QED) is 0.575. The third kappa shape index (κ3) is 1.66. The fraction of sp³-hybridized carbons (Fsp3) is 1.00. The van der Waals surface area contributed by atoms with Crippen LogP contribution >= 0.6 is 0 Å². The maximum atomic E-state index is 5.34. The molecule has 0 spiro atoms. The van der Waals surface area contributed by atoms with Crippen LogP contribution in [0.15, 0.2) is 0 Å². The molecule has 0 aliphatic heterocycles. The molecule has 3 N–H and O–H groups in total. The first kappa shape index (κ1) is 7.03. The highest BCUT2D eigenvalue weighted by atomic mass is 14.9. The van der Waals surface area contributed by atoms with Gasteiger partial charge in [0.25, 0.3) is 0 Å². The number of rotatable bonds is 3. The molecule has 0 aromatic rings. The van der Waals surface area contributed by atoms with Crippen LogP contribution in [0.25, 0.3) is 0 Å². The van der Waals surface area contributed by atoms with Gasteiger partial charge in [-0.25, -0.2) is 0 Å². The topological polar surface area (TPSA) is 38.0 Å². The lowest BCUT2D eigenvalue weighted by Crippen LogP contribution is -2.44. The highest BCUT2D eigenvalue weighted by Crippen LogP contribution is 2.25. The van der Waals surface area contributed by atoms with Crippen molar-refractivity contribution in [2.24, 2.45) is 11.7 Å². The Morgan fingerprint density at radius 3 is 2.67 bits per heavy atom. The highest BCUT2D eigenvalue weighted by Gasteiger charge is 2.25. The number of nitrogens with two attached hydrogens (primary N) is 1. The van der Waals surface area contributed by atoms with E-state index in [9.17, 15) is 0 Å². The van der Waals surface area contributed by atoms with Gasteiger partial charge in [-0.1, -0.05) is 6.92 Å². The molecule has 0 amide bonds. The standard InChI is InChI=1S/C7H16N2/c1-6-2-3-7(6)9-5-4-8/h6-7,9H,2-5,8H2,1H3/t6-,7?/m1/s1. The number of hydrogen-bond acceptors (Lipinski definition) is 2. The van der Waals surface area contributed by atoms with E-state index in [1.165, 1.54) is 12.8 Å². The van der Waals surface area contributed by atoms with Crippen LogP contribution in [0, 0.1) is 5.92 Å². The van der Waals surface area contributed by atoms with E-state index >= 15 is 0 Å². The fourth-order valence-electron chi connectivity index (χ4n) is 1.24. The van der Waals surface area contributed by atoms with Crippen LogP contribution in [0.4, 0.5) is 0 Å². The molecule has 1 saturated carbocycles. The molecule has 0 aromatic heterocycles. The maximum absolute atomic E-state index is 5.34. The van der Waals surface area contributed by atoms with E-state index in [0.717, 1.165) is 25.0 Å². The Hall–Kier alpha value is -0.0800. The molecule has 1 unspecified atom stereocenters. The van der Waals surface area contributed by atoms with Crippen LogP contribution in [0.2, 0.25) is 0 Å². The van der Waals surface area contributed by atoms with Crippen molar-refractivity contribution in [3.63, 3.8) is 0 Å². The van der Waals surface area contributed by atoms with Gasteiger partial charge in [0, 0.05) is 19.1 Å². The molecule has 0 aromatic carbocycles. The van der Waals surface area contributed by atoms with E-state index in [2.05, 4.69) is 12.2 Å². The molecule has 1 aliphatic rings. The normalized spacial score (nSPS) is 34.0. The fourth-order valence-corrected chi connectivity index (χ4v) is 1.24. The number of hydrogen-bond donors (Lipinski definition) is 2. The smallest absolute Gasteiger partial charge is 0.00933 e. The van der Waals surface area contributed by atoms with E-state index in [0.29, 0.717) is 0 Å². The van der Waals surface area contributed by atoms with Crippen LogP contribution < -0.4 is 11.1 Å². The minimum atomic E-state index is 0.767. The van der Waals surface area contributed by atoms with Crippen molar-refractivity contribution < 1.29 is 0 Å². The Morgan fingerprint density at radius 2 is 2.33 bits per heavy atom. The minimum absolute atomic E-state index is 0.767. The van der Waals surface area contributed by atoms with Gasteiger partial charge in [-0.2, -0.15) is 0 Å². The van der Waals surface area contributed by atoms with Crippen molar-refractivity contribution >= 4 is 0 Å². The van der Waals surface area contributed by atoms with E-state index < -0.39 is 0 Å². The first-order valence-electron chi connectivity index (χ1n) is 3.78. The summed E-state index contributed by atoms with van der Waals surface area (Å²) in [4.78, 5) is 0. The number of nitrogens with one attached hydrogen (secondary N) is 1. The zero-order valence-electron chi connectivity index (χ0n) is 6.06. The third-order valence-electron chi connectivity index (χ3n) is 2.17. The molecule has 0 heterocycles. The van der Waals surface area contributed by atoms with Crippen molar-refractivity contribution in [1.82, 2.24) is 5.32 Å². The molecular weight excluding hydrogens is 112 g/mol. The Morgan fingerprint density at radius 1 is 1.56 bits per heavy atom. The van der Waals surface area contributed by atoms with Crippen molar-refractivity contribution in [1.29, 1.82) is 0 Å². The van der Waals surface area contributed by atoms with Crippen LogP contribution in [0.5, 0.6) is 0 Å². The predicted octanol–water partition coefficient (Wildman–Crippen LogP) is 0.333.